The minimum atomic E-state index is -0.232. The molecule has 0 aliphatic rings. The van der Waals surface area contributed by atoms with Crippen LogP contribution in [0.15, 0.2) is 30.3 Å². The third kappa shape index (κ3) is 3.01. The normalized spacial score (nSPS) is 10.7. The number of H-pyrrole nitrogens is 1. The van der Waals surface area contributed by atoms with E-state index in [1.54, 1.807) is 19.2 Å². The number of benzene rings is 1. The van der Waals surface area contributed by atoms with Crippen LogP contribution in [0.5, 0.6) is 0 Å². The Morgan fingerprint density at radius 2 is 2.06 bits per heavy atom. The number of halogens is 1. The Morgan fingerprint density at radius 1 is 1.35 bits per heavy atom. The Bertz CT molecular complexity index is 544. The van der Waals surface area contributed by atoms with E-state index in [1.165, 1.54) is 12.1 Å². The predicted octanol–water partition coefficient (Wildman–Crippen LogP) is 2.88. The summed E-state index contributed by atoms with van der Waals surface area (Å²) in [5.41, 5.74) is 1.92. The number of methoxy groups -OCH3 is 1. The number of nitrogens with one attached hydrogen (secondary N) is 1. The van der Waals surface area contributed by atoms with Crippen molar-refractivity contribution in [3.63, 3.8) is 0 Å². The van der Waals surface area contributed by atoms with E-state index in [0.29, 0.717) is 17.8 Å². The van der Waals surface area contributed by atoms with Crippen molar-refractivity contribution in [3.8, 4) is 0 Å². The zero-order valence-corrected chi connectivity index (χ0v) is 10.3. The van der Waals surface area contributed by atoms with Crippen molar-refractivity contribution in [1.29, 1.82) is 0 Å². The third-order valence-corrected chi connectivity index (χ3v) is 2.73. The van der Waals surface area contributed by atoms with Crippen LogP contribution in [0.2, 0.25) is 0 Å². The summed E-state index contributed by atoms with van der Waals surface area (Å²) in [5.74, 6) is -0.232. The number of rotatable bonds is 4. The van der Waals surface area contributed by atoms with Gasteiger partial charge in [0.05, 0.1) is 18.8 Å². The summed E-state index contributed by atoms with van der Waals surface area (Å²) in [4.78, 5) is 0. The fraction of sp³-hybridized carbons (Fsp3) is 0.250. The second-order valence-corrected chi connectivity index (χ2v) is 4.18. The standard InChI is InChI=1S/C12H13FN2OS/c1-16-8-11-6-12(17)15(14-11)7-9-2-4-10(13)5-3-9/h2-6,14H,7-8H2,1H3. The average molecular weight is 252 g/mol. The van der Waals surface area contributed by atoms with E-state index in [-0.39, 0.29) is 5.82 Å². The lowest BCUT2D eigenvalue weighted by Gasteiger charge is -2.03. The monoisotopic (exact) mass is 252 g/mol. The molecule has 0 spiro atoms. The SMILES string of the molecule is COCc1cc(=S)n(Cc2ccc(F)cc2)[nH]1. The molecule has 1 aromatic heterocycles. The number of nitrogens with zero attached hydrogens (tertiary/aromatic N) is 1. The maximum Gasteiger partial charge on any atom is 0.123 e. The third-order valence-electron chi connectivity index (χ3n) is 2.40. The van der Waals surface area contributed by atoms with E-state index in [0.717, 1.165) is 11.3 Å². The lowest BCUT2D eigenvalue weighted by molar-refractivity contribution is 0.181. The van der Waals surface area contributed by atoms with Gasteiger partial charge in [-0.15, -0.1) is 0 Å². The van der Waals surface area contributed by atoms with Crippen molar-refractivity contribution in [2.45, 2.75) is 13.2 Å². The van der Waals surface area contributed by atoms with Crippen LogP contribution in [0.3, 0.4) is 0 Å². The van der Waals surface area contributed by atoms with E-state index < -0.39 is 0 Å². The molecule has 2 rings (SSSR count). The Kier molecular flexibility index (Phi) is 3.71. The largest absolute Gasteiger partial charge is 0.378 e. The van der Waals surface area contributed by atoms with E-state index >= 15 is 0 Å². The fourth-order valence-electron chi connectivity index (χ4n) is 1.61. The van der Waals surface area contributed by atoms with Gasteiger partial charge in [-0.1, -0.05) is 24.4 Å². The molecular weight excluding hydrogens is 239 g/mol. The number of ether oxygens (including phenoxy) is 1. The molecule has 0 fully saturated rings. The van der Waals surface area contributed by atoms with Crippen molar-refractivity contribution in [3.05, 3.63) is 52.0 Å². The van der Waals surface area contributed by atoms with Crippen molar-refractivity contribution in [2.75, 3.05) is 7.11 Å². The zero-order valence-electron chi connectivity index (χ0n) is 9.44. The minimum absolute atomic E-state index is 0.232. The van der Waals surface area contributed by atoms with Gasteiger partial charge in [0.2, 0.25) is 0 Å². The molecule has 5 heteroatoms. The molecule has 1 heterocycles. The predicted molar refractivity (Wildman–Crippen MR) is 65.8 cm³/mol. The van der Waals surface area contributed by atoms with Crippen LogP contribution in [-0.2, 0) is 17.9 Å². The number of aromatic amines is 1. The van der Waals surface area contributed by atoms with Crippen LogP contribution in [0.25, 0.3) is 0 Å². The lowest BCUT2D eigenvalue weighted by Crippen LogP contribution is -2.02. The topological polar surface area (TPSA) is 29.9 Å². The van der Waals surface area contributed by atoms with Crippen LogP contribution in [0.4, 0.5) is 4.39 Å². The van der Waals surface area contributed by atoms with Gasteiger partial charge in [0.1, 0.15) is 10.5 Å². The second kappa shape index (κ2) is 5.25. The van der Waals surface area contributed by atoms with Crippen molar-refractivity contribution < 1.29 is 9.13 Å². The first-order valence-electron chi connectivity index (χ1n) is 5.21. The molecule has 90 valence electrons. The summed E-state index contributed by atoms with van der Waals surface area (Å²) in [7, 11) is 1.63. The van der Waals surface area contributed by atoms with Crippen molar-refractivity contribution in [2.24, 2.45) is 0 Å². The summed E-state index contributed by atoms with van der Waals surface area (Å²) in [5, 5.41) is 3.14. The molecule has 0 unspecified atom stereocenters. The quantitative estimate of drug-likeness (QED) is 0.848. The Morgan fingerprint density at radius 3 is 2.71 bits per heavy atom. The minimum Gasteiger partial charge on any atom is -0.378 e. The first-order chi connectivity index (χ1) is 8.19. The summed E-state index contributed by atoms with van der Waals surface area (Å²) < 4.78 is 20.3. The van der Waals surface area contributed by atoms with Gasteiger partial charge in [-0.05, 0) is 23.8 Å². The van der Waals surface area contributed by atoms with E-state index in [9.17, 15) is 4.39 Å². The zero-order chi connectivity index (χ0) is 12.3. The summed E-state index contributed by atoms with van der Waals surface area (Å²) in [6.45, 7) is 1.10. The van der Waals surface area contributed by atoms with Gasteiger partial charge in [0.15, 0.2) is 0 Å². The summed E-state index contributed by atoms with van der Waals surface area (Å²) in [6, 6.07) is 8.24. The Balaban J connectivity index is 2.18. The van der Waals surface area contributed by atoms with Gasteiger partial charge in [-0.25, -0.2) is 4.39 Å². The van der Waals surface area contributed by atoms with Crippen LogP contribution in [0, 0.1) is 10.5 Å². The van der Waals surface area contributed by atoms with Gasteiger partial charge in [0.25, 0.3) is 0 Å². The molecule has 1 N–H and O–H groups in total. The molecule has 0 bridgehead atoms. The molecular formula is C12H13FN2OS. The molecule has 17 heavy (non-hydrogen) atoms. The van der Waals surface area contributed by atoms with Crippen LogP contribution >= 0.6 is 12.2 Å². The Hall–Kier alpha value is -1.46. The Labute approximate surface area is 104 Å². The first kappa shape index (κ1) is 12.0. The molecule has 0 aliphatic carbocycles. The van der Waals surface area contributed by atoms with E-state index in [4.69, 9.17) is 17.0 Å². The van der Waals surface area contributed by atoms with Gasteiger partial charge >= 0.3 is 0 Å². The smallest absolute Gasteiger partial charge is 0.123 e. The molecule has 2 aromatic rings. The maximum atomic E-state index is 12.8. The highest BCUT2D eigenvalue weighted by molar-refractivity contribution is 7.71. The molecule has 0 aliphatic heterocycles. The molecule has 0 saturated heterocycles. The average Bonchev–Trinajstić information content (AvgIpc) is 2.63. The highest BCUT2D eigenvalue weighted by atomic mass is 32.1. The molecule has 1 aromatic carbocycles. The maximum absolute atomic E-state index is 12.8. The molecule has 0 amide bonds. The second-order valence-electron chi connectivity index (χ2n) is 3.77. The first-order valence-corrected chi connectivity index (χ1v) is 5.62. The molecule has 0 saturated carbocycles. The van der Waals surface area contributed by atoms with Crippen LogP contribution in [0.1, 0.15) is 11.3 Å². The number of aromatic nitrogens is 2. The molecule has 3 nitrogen and oxygen atoms in total. The fourth-order valence-corrected chi connectivity index (χ4v) is 1.86. The van der Waals surface area contributed by atoms with Crippen molar-refractivity contribution >= 4 is 12.2 Å². The molecule has 0 atom stereocenters. The van der Waals surface area contributed by atoms with E-state index in [1.807, 2.05) is 10.7 Å². The number of hydrogen-bond donors (Lipinski definition) is 1. The summed E-state index contributed by atoms with van der Waals surface area (Å²) >= 11 is 5.21. The van der Waals surface area contributed by atoms with Gasteiger partial charge in [-0.2, -0.15) is 0 Å². The van der Waals surface area contributed by atoms with E-state index in [2.05, 4.69) is 5.10 Å². The van der Waals surface area contributed by atoms with Crippen LogP contribution in [-0.4, -0.2) is 16.9 Å². The highest BCUT2D eigenvalue weighted by Gasteiger charge is 2.01. The lowest BCUT2D eigenvalue weighted by atomic mass is 10.2. The molecule has 0 radical (unpaired) electrons. The van der Waals surface area contributed by atoms with Gasteiger partial charge < -0.3 is 4.74 Å². The van der Waals surface area contributed by atoms with Gasteiger partial charge in [-0.3, -0.25) is 9.78 Å². The van der Waals surface area contributed by atoms with Gasteiger partial charge in [0, 0.05) is 7.11 Å². The summed E-state index contributed by atoms with van der Waals surface area (Å²) in [6.07, 6.45) is 0. The van der Waals surface area contributed by atoms with Crippen molar-refractivity contribution in [1.82, 2.24) is 9.78 Å². The van der Waals surface area contributed by atoms with Crippen LogP contribution < -0.4 is 0 Å². The highest BCUT2D eigenvalue weighted by Crippen LogP contribution is 2.07. The number of hydrogen-bond acceptors (Lipinski definition) is 2.